The van der Waals surface area contributed by atoms with Gasteiger partial charge < -0.3 is 14.8 Å². The predicted molar refractivity (Wildman–Crippen MR) is 113 cm³/mol. The van der Waals surface area contributed by atoms with E-state index in [0.29, 0.717) is 17.9 Å². The van der Waals surface area contributed by atoms with Crippen LogP contribution in [0.1, 0.15) is 13.3 Å². The minimum Gasteiger partial charge on any atom is -0.497 e. The molecule has 3 aromatic carbocycles. The molecular formula is C23H23NO3S. The number of carbonyl (C=O) groups is 1. The molecule has 0 aliphatic heterocycles. The number of anilines is 1. The molecular weight excluding hydrogens is 370 g/mol. The Labute approximate surface area is 169 Å². The van der Waals surface area contributed by atoms with Crippen LogP contribution < -0.4 is 14.8 Å². The molecule has 1 amide bonds. The number of para-hydroxylation sites is 1. The smallest absolute Gasteiger partial charge is 0.265 e. The Morgan fingerprint density at radius 2 is 1.68 bits per heavy atom. The molecule has 0 saturated heterocycles. The van der Waals surface area contributed by atoms with Crippen LogP contribution in [0.4, 0.5) is 5.69 Å². The molecule has 5 heteroatoms. The van der Waals surface area contributed by atoms with Crippen molar-refractivity contribution in [2.75, 3.05) is 12.4 Å². The van der Waals surface area contributed by atoms with Crippen LogP contribution in [0.25, 0.3) is 0 Å². The maximum absolute atomic E-state index is 12.8. The van der Waals surface area contributed by atoms with E-state index < -0.39 is 6.10 Å². The van der Waals surface area contributed by atoms with Crippen LogP contribution >= 0.6 is 11.8 Å². The summed E-state index contributed by atoms with van der Waals surface area (Å²) in [6.07, 6.45) is -0.0429. The van der Waals surface area contributed by atoms with Gasteiger partial charge in [0.1, 0.15) is 11.5 Å². The van der Waals surface area contributed by atoms with Crippen LogP contribution in [0.5, 0.6) is 11.5 Å². The summed E-state index contributed by atoms with van der Waals surface area (Å²) in [7, 11) is 1.60. The zero-order valence-electron chi connectivity index (χ0n) is 15.9. The fourth-order valence-electron chi connectivity index (χ4n) is 2.65. The van der Waals surface area contributed by atoms with E-state index >= 15 is 0 Å². The van der Waals surface area contributed by atoms with E-state index in [2.05, 4.69) is 5.32 Å². The van der Waals surface area contributed by atoms with Crippen molar-refractivity contribution >= 4 is 23.4 Å². The van der Waals surface area contributed by atoms with Gasteiger partial charge in [-0.15, -0.1) is 0 Å². The molecule has 0 radical (unpaired) electrons. The largest absolute Gasteiger partial charge is 0.497 e. The summed E-state index contributed by atoms with van der Waals surface area (Å²) in [5.74, 6) is 1.12. The summed E-state index contributed by atoms with van der Waals surface area (Å²) in [6, 6.07) is 25.1. The third-order valence-electron chi connectivity index (χ3n) is 4.10. The SMILES string of the molecule is CC[C@H](Oc1cccc(OC)c1)C(=O)Nc1ccccc1Sc1ccccc1. The molecule has 3 aromatic rings. The van der Waals surface area contributed by atoms with E-state index in [9.17, 15) is 4.79 Å². The minimum absolute atomic E-state index is 0.175. The molecule has 1 atom stereocenters. The van der Waals surface area contributed by atoms with Gasteiger partial charge in [0.25, 0.3) is 5.91 Å². The van der Waals surface area contributed by atoms with Crippen LogP contribution in [0.2, 0.25) is 0 Å². The fraction of sp³-hybridized carbons (Fsp3) is 0.174. The van der Waals surface area contributed by atoms with Crippen LogP contribution in [0, 0.1) is 0 Å². The molecule has 0 aliphatic rings. The lowest BCUT2D eigenvalue weighted by Crippen LogP contribution is -2.32. The summed E-state index contributed by atoms with van der Waals surface area (Å²) in [6.45, 7) is 1.93. The highest BCUT2D eigenvalue weighted by Gasteiger charge is 2.20. The van der Waals surface area contributed by atoms with Gasteiger partial charge in [-0.05, 0) is 42.8 Å². The molecule has 3 rings (SSSR count). The lowest BCUT2D eigenvalue weighted by molar-refractivity contribution is -0.122. The van der Waals surface area contributed by atoms with Gasteiger partial charge in [0.05, 0.1) is 12.8 Å². The Balaban J connectivity index is 1.72. The second kappa shape index (κ2) is 9.85. The van der Waals surface area contributed by atoms with Gasteiger partial charge in [-0.3, -0.25) is 4.79 Å². The Kier molecular flexibility index (Phi) is 6.98. The summed E-state index contributed by atoms with van der Waals surface area (Å²) in [5.41, 5.74) is 0.772. The number of carbonyl (C=O) groups excluding carboxylic acids is 1. The van der Waals surface area contributed by atoms with Crippen molar-refractivity contribution in [1.82, 2.24) is 0 Å². The van der Waals surface area contributed by atoms with Crippen LogP contribution in [0.3, 0.4) is 0 Å². The van der Waals surface area contributed by atoms with Gasteiger partial charge in [0.2, 0.25) is 0 Å². The maximum Gasteiger partial charge on any atom is 0.265 e. The molecule has 0 aliphatic carbocycles. The van der Waals surface area contributed by atoms with E-state index in [0.717, 1.165) is 15.5 Å². The highest BCUT2D eigenvalue weighted by atomic mass is 32.2. The molecule has 1 N–H and O–H groups in total. The Bertz CT molecular complexity index is 914. The minimum atomic E-state index is -0.595. The molecule has 0 unspecified atom stereocenters. The average molecular weight is 394 g/mol. The summed E-state index contributed by atoms with van der Waals surface area (Å²) in [5, 5.41) is 3.01. The van der Waals surface area contributed by atoms with Crippen molar-refractivity contribution in [2.45, 2.75) is 29.2 Å². The van der Waals surface area contributed by atoms with E-state index in [1.807, 2.05) is 79.7 Å². The van der Waals surface area contributed by atoms with Crippen LogP contribution in [-0.2, 0) is 4.79 Å². The summed E-state index contributed by atoms with van der Waals surface area (Å²) < 4.78 is 11.1. The second-order valence-corrected chi connectivity index (χ2v) is 7.21. The third kappa shape index (κ3) is 5.30. The molecule has 0 fully saturated rings. The van der Waals surface area contributed by atoms with Gasteiger partial charge >= 0.3 is 0 Å². The first kappa shape index (κ1) is 19.8. The first-order valence-electron chi connectivity index (χ1n) is 9.13. The van der Waals surface area contributed by atoms with Crippen molar-refractivity contribution in [3.05, 3.63) is 78.9 Å². The molecule has 0 aromatic heterocycles. The Hall–Kier alpha value is -2.92. The topological polar surface area (TPSA) is 47.6 Å². The zero-order valence-corrected chi connectivity index (χ0v) is 16.7. The van der Waals surface area contributed by atoms with Crippen molar-refractivity contribution in [3.8, 4) is 11.5 Å². The highest BCUT2D eigenvalue weighted by molar-refractivity contribution is 7.99. The van der Waals surface area contributed by atoms with Crippen LogP contribution in [0.15, 0.2) is 88.7 Å². The van der Waals surface area contributed by atoms with Gasteiger partial charge in [-0.25, -0.2) is 0 Å². The van der Waals surface area contributed by atoms with Crippen molar-refractivity contribution in [3.63, 3.8) is 0 Å². The normalized spacial score (nSPS) is 11.5. The number of hydrogen-bond acceptors (Lipinski definition) is 4. The van der Waals surface area contributed by atoms with E-state index in [1.54, 1.807) is 24.9 Å². The van der Waals surface area contributed by atoms with Gasteiger partial charge in [-0.2, -0.15) is 0 Å². The lowest BCUT2D eigenvalue weighted by Gasteiger charge is -2.19. The van der Waals surface area contributed by atoms with Crippen molar-refractivity contribution in [2.24, 2.45) is 0 Å². The second-order valence-electron chi connectivity index (χ2n) is 6.09. The first-order valence-corrected chi connectivity index (χ1v) is 9.94. The highest BCUT2D eigenvalue weighted by Crippen LogP contribution is 2.33. The number of hydrogen-bond donors (Lipinski definition) is 1. The fourth-order valence-corrected chi connectivity index (χ4v) is 3.57. The zero-order chi connectivity index (χ0) is 19.8. The molecule has 0 saturated carbocycles. The number of methoxy groups -OCH3 is 1. The predicted octanol–water partition coefficient (Wildman–Crippen LogP) is 5.64. The maximum atomic E-state index is 12.8. The van der Waals surface area contributed by atoms with Gasteiger partial charge in [-0.1, -0.05) is 55.1 Å². The summed E-state index contributed by atoms with van der Waals surface area (Å²) >= 11 is 1.61. The third-order valence-corrected chi connectivity index (χ3v) is 5.18. The quantitative estimate of drug-likeness (QED) is 0.538. The van der Waals surface area contributed by atoms with Gasteiger partial charge in [0.15, 0.2) is 6.10 Å². The van der Waals surface area contributed by atoms with Crippen molar-refractivity contribution < 1.29 is 14.3 Å². The number of ether oxygens (including phenoxy) is 2. The summed E-state index contributed by atoms with van der Waals surface area (Å²) in [4.78, 5) is 14.9. The molecule has 0 spiro atoms. The standard InChI is InChI=1S/C23H23NO3S/c1-3-21(27-18-11-9-10-17(16-18)26-2)23(25)24-20-14-7-8-15-22(20)28-19-12-5-4-6-13-19/h4-16,21H,3H2,1-2H3,(H,24,25)/t21-/m0/s1. The molecule has 0 bridgehead atoms. The Morgan fingerprint density at radius 1 is 0.964 bits per heavy atom. The monoisotopic (exact) mass is 393 g/mol. The van der Waals surface area contributed by atoms with Crippen LogP contribution in [-0.4, -0.2) is 19.1 Å². The lowest BCUT2D eigenvalue weighted by atomic mass is 10.2. The van der Waals surface area contributed by atoms with E-state index in [1.165, 1.54) is 0 Å². The molecule has 144 valence electrons. The number of nitrogens with one attached hydrogen (secondary N) is 1. The molecule has 4 nitrogen and oxygen atoms in total. The number of benzene rings is 3. The molecule has 28 heavy (non-hydrogen) atoms. The molecule has 0 heterocycles. The van der Waals surface area contributed by atoms with E-state index in [-0.39, 0.29) is 5.91 Å². The van der Waals surface area contributed by atoms with Crippen molar-refractivity contribution in [1.29, 1.82) is 0 Å². The van der Waals surface area contributed by atoms with Gasteiger partial charge in [0, 0.05) is 15.9 Å². The Morgan fingerprint density at radius 3 is 2.43 bits per heavy atom. The number of rotatable bonds is 8. The number of amides is 1. The first-order chi connectivity index (χ1) is 13.7. The van der Waals surface area contributed by atoms with E-state index in [4.69, 9.17) is 9.47 Å². The average Bonchev–Trinajstić information content (AvgIpc) is 2.74.